The van der Waals surface area contributed by atoms with Gasteiger partial charge in [-0.25, -0.2) is 4.79 Å². The maximum Gasteiger partial charge on any atom is 0.329 e. The smallest absolute Gasteiger partial charge is 0.329 e. The summed E-state index contributed by atoms with van der Waals surface area (Å²) < 4.78 is 3.23. The molecule has 9 heteroatoms. The van der Waals surface area contributed by atoms with E-state index in [1.54, 1.807) is 7.05 Å². The summed E-state index contributed by atoms with van der Waals surface area (Å²) in [5.41, 5.74) is -0.113. The number of anilines is 1. The molecular weight excluding hydrogens is 336 g/mol. The maximum atomic E-state index is 12.4. The number of piperazine rings is 1. The number of imidazole rings is 1. The first-order chi connectivity index (χ1) is 12.3. The topological polar surface area (TPSA) is 96.2 Å². The van der Waals surface area contributed by atoms with Crippen molar-refractivity contribution in [2.75, 3.05) is 31.1 Å². The Labute approximate surface area is 151 Å². The number of rotatable bonds is 4. The molecule has 0 aromatic carbocycles. The molecule has 2 aromatic rings. The van der Waals surface area contributed by atoms with Gasteiger partial charge >= 0.3 is 5.69 Å². The Morgan fingerprint density at radius 3 is 2.42 bits per heavy atom. The highest BCUT2D eigenvalue weighted by molar-refractivity contribution is 5.77. The van der Waals surface area contributed by atoms with E-state index in [0.29, 0.717) is 49.7 Å². The predicted octanol–water partition coefficient (Wildman–Crippen LogP) is 0.453. The maximum absolute atomic E-state index is 12.4. The summed E-state index contributed by atoms with van der Waals surface area (Å²) in [5.74, 6) is 0.854. The molecule has 1 N–H and O–H groups in total. The van der Waals surface area contributed by atoms with Gasteiger partial charge in [-0.1, -0.05) is 6.92 Å². The van der Waals surface area contributed by atoms with Crippen molar-refractivity contribution in [2.24, 2.45) is 7.05 Å². The standard InChI is InChI=1S/C17H26N6O3/c1-5-6-12(24)21-7-9-22(10-8-21)16-18-14-13(23(16)11(2)3)15(25)19-17(26)20(14)4/h11H,5-10H2,1-4H3,(H,19,25,26). The molecule has 26 heavy (non-hydrogen) atoms. The highest BCUT2D eigenvalue weighted by atomic mass is 16.2. The highest BCUT2D eigenvalue weighted by Gasteiger charge is 2.27. The minimum atomic E-state index is -0.475. The number of aryl methyl sites for hydroxylation is 1. The number of carbonyl (C=O) groups is 1. The van der Waals surface area contributed by atoms with Crippen LogP contribution in [0.15, 0.2) is 9.59 Å². The summed E-state index contributed by atoms with van der Waals surface area (Å²) in [6.45, 7) is 8.53. The first-order valence-corrected chi connectivity index (χ1v) is 9.09. The van der Waals surface area contributed by atoms with E-state index in [1.807, 2.05) is 30.2 Å². The van der Waals surface area contributed by atoms with E-state index < -0.39 is 11.2 Å². The number of fused-ring (bicyclic) bond motifs is 1. The van der Waals surface area contributed by atoms with Crippen LogP contribution in [-0.2, 0) is 11.8 Å². The molecule has 0 saturated carbocycles. The van der Waals surface area contributed by atoms with Crippen LogP contribution in [0.1, 0.15) is 39.7 Å². The molecule has 1 saturated heterocycles. The van der Waals surface area contributed by atoms with Crippen molar-refractivity contribution in [1.82, 2.24) is 24.0 Å². The van der Waals surface area contributed by atoms with Crippen molar-refractivity contribution in [3.05, 3.63) is 20.8 Å². The largest absolute Gasteiger partial charge is 0.339 e. The van der Waals surface area contributed by atoms with Crippen LogP contribution < -0.4 is 16.1 Å². The summed E-state index contributed by atoms with van der Waals surface area (Å²) in [4.78, 5) is 47.3. The molecule has 2 aromatic heterocycles. The number of hydrogen-bond donors (Lipinski definition) is 1. The second kappa shape index (κ2) is 6.97. The lowest BCUT2D eigenvalue weighted by molar-refractivity contribution is -0.131. The van der Waals surface area contributed by atoms with E-state index in [0.717, 1.165) is 6.42 Å². The van der Waals surface area contributed by atoms with E-state index >= 15 is 0 Å². The molecule has 9 nitrogen and oxygen atoms in total. The van der Waals surface area contributed by atoms with Crippen molar-refractivity contribution in [3.8, 4) is 0 Å². The van der Waals surface area contributed by atoms with Gasteiger partial charge in [0.15, 0.2) is 11.2 Å². The molecule has 1 aliphatic heterocycles. The number of hydrogen-bond acceptors (Lipinski definition) is 5. The fourth-order valence-corrected chi connectivity index (χ4v) is 3.43. The Morgan fingerprint density at radius 1 is 1.19 bits per heavy atom. The summed E-state index contributed by atoms with van der Waals surface area (Å²) >= 11 is 0. The second-order valence-corrected chi connectivity index (χ2v) is 6.98. The molecule has 3 heterocycles. The van der Waals surface area contributed by atoms with E-state index in [2.05, 4.69) is 14.9 Å². The zero-order chi connectivity index (χ0) is 19.0. The van der Waals surface area contributed by atoms with Gasteiger partial charge in [-0.2, -0.15) is 4.98 Å². The van der Waals surface area contributed by atoms with Crippen LogP contribution >= 0.6 is 0 Å². The average molecular weight is 362 g/mol. The lowest BCUT2D eigenvalue weighted by atomic mass is 10.2. The molecular formula is C17H26N6O3. The van der Waals surface area contributed by atoms with Crippen LogP contribution in [0.5, 0.6) is 0 Å². The fraction of sp³-hybridized carbons (Fsp3) is 0.647. The molecule has 1 amide bonds. The summed E-state index contributed by atoms with van der Waals surface area (Å²) in [6.07, 6.45) is 1.42. The third-order valence-electron chi connectivity index (χ3n) is 4.83. The van der Waals surface area contributed by atoms with Gasteiger partial charge in [-0.15, -0.1) is 0 Å². The molecule has 0 atom stereocenters. The zero-order valence-corrected chi connectivity index (χ0v) is 15.8. The minimum absolute atomic E-state index is 0.00774. The summed E-state index contributed by atoms with van der Waals surface area (Å²) in [6, 6.07) is 0.00774. The lowest BCUT2D eigenvalue weighted by Gasteiger charge is -2.36. The van der Waals surface area contributed by atoms with Gasteiger partial charge < -0.3 is 14.4 Å². The molecule has 0 aliphatic carbocycles. The Hall–Kier alpha value is -2.58. The average Bonchev–Trinajstić information content (AvgIpc) is 3.01. The molecule has 0 spiro atoms. The molecule has 3 rings (SSSR count). The van der Waals surface area contributed by atoms with Gasteiger partial charge in [0.2, 0.25) is 11.9 Å². The van der Waals surface area contributed by atoms with E-state index in [4.69, 9.17) is 0 Å². The van der Waals surface area contributed by atoms with Crippen molar-refractivity contribution in [1.29, 1.82) is 0 Å². The number of nitrogens with one attached hydrogen (secondary N) is 1. The molecule has 0 bridgehead atoms. The SMILES string of the molecule is CCCC(=O)N1CCN(c2nc3c(c(=O)[nH]c(=O)n3C)n2C(C)C)CC1. The van der Waals surface area contributed by atoms with Crippen LogP contribution in [0, 0.1) is 0 Å². The van der Waals surface area contributed by atoms with Crippen molar-refractivity contribution in [2.45, 2.75) is 39.7 Å². The monoisotopic (exact) mass is 362 g/mol. The third kappa shape index (κ3) is 3.02. The Balaban J connectivity index is 1.99. The highest BCUT2D eigenvalue weighted by Crippen LogP contribution is 2.25. The minimum Gasteiger partial charge on any atom is -0.339 e. The van der Waals surface area contributed by atoms with Crippen molar-refractivity contribution < 1.29 is 4.79 Å². The van der Waals surface area contributed by atoms with Crippen LogP contribution in [0.25, 0.3) is 11.2 Å². The quantitative estimate of drug-likeness (QED) is 0.852. The summed E-state index contributed by atoms with van der Waals surface area (Å²) in [7, 11) is 1.60. The van der Waals surface area contributed by atoms with E-state index in [9.17, 15) is 14.4 Å². The number of aromatic nitrogens is 4. The summed E-state index contributed by atoms with van der Waals surface area (Å²) in [5, 5.41) is 0. The third-order valence-corrected chi connectivity index (χ3v) is 4.83. The van der Waals surface area contributed by atoms with Gasteiger partial charge in [0.05, 0.1) is 0 Å². The normalized spacial score (nSPS) is 15.3. The molecule has 0 unspecified atom stereocenters. The molecule has 1 fully saturated rings. The zero-order valence-electron chi connectivity index (χ0n) is 15.8. The van der Waals surface area contributed by atoms with Crippen LogP contribution in [0.2, 0.25) is 0 Å². The van der Waals surface area contributed by atoms with E-state index in [-0.39, 0.29) is 11.9 Å². The van der Waals surface area contributed by atoms with Gasteiger partial charge in [-0.05, 0) is 20.3 Å². The molecule has 0 radical (unpaired) electrons. The first kappa shape index (κ1) is 18.2. The Morgan fingerprint density at radius 2 is 1.85 bits per heavy atom. The van der Waals surface area contributed by atoms with Crippen molar-refractivity contribution >= 4 is 23.0 Å². The van der Waals surface area contributed by atoms with Crippen molar-refractivity contribution in [3.63, 3.8) is 0 Å². The molecule has 1 aliphatic rings. The van der Waals surface area contributed by atoms with Gasteiger partial charge in [-0.3, -0.25) is 19.1 Å². The van der Waals surface area contributed by atoms with Gasteiger partial charge in [0, 0.05) is 45.7 Å². The van der Waals surface area contributed by atoms with Gasteiger partial charge in [0.25, 0.3) is 5.56 Å². The van der Waals surface area contributed by atoms with Crippen LogP contribution in [-0.4, -0.2) is 56.1 Å². The number of aromatic amines is 1. The Bertz CT molecular complexity index is 930. The van der Waals surface area contributed by atoms with Crippen LogP contribution in [0.4, 0.5) is 5.95 Å². The number of carbonyl (C=O) groups excluding carboxylic acids is 1. The van der Waals surface area contributed by atoms with Crippen LogP contribution in [0.3, 0.4) is 0 Å². The number of nitrogens with zero attached hydrogens (tertiary/aromatic N) is 5. The fourth-order valence-electron chi connectivity index (χ4n) is 3.43. The number of H-pyrrole nitrogens is 1. The first-order valence-electron chi connectivity index (χ1n) is 9.09. The Kier molecular flexibility index (Phi) is 4.88. The molecule has 142 valence electrons. The predicted molar refractivity (Wildman–Crippen MR) is 99.7 cm³/mol. The second-order valence-electron chi connectivity index (χ2n) is 6.98. The lowest BCUT2D eigenvalue weighted by Crippen LogP contribution is -2.49. The van der Waals surface area contributed by atoms with Gasteiger partial charge in [0.1, 0.15) is 0 Å². The van der Waals surface area contributed by atoms with E-state index in [1.165, 1.54) is 4.57 Å². The number of amides is 1.